The molecule has 110 valence electrons. The van der Waals surface area contributed by atoms with Crippen LogP contribution in [0.4, 0.5) is 0 Å². The summed E-state index contributed by atoms with van der Waals surface area (Å²) < 4.78 is 5.67. The lowest BCUT2D eigenvalue weighted by atomic mass is 10.0. The van der Waals surface area contributed by atoms with Crippen molar-refractivity contribution in [3.8, 4) is 5.75 Å². The number of carbonyl (C=O) groups is 1. The number of benzene rings is 3. The van der Waals surface area contributed by atoms with Gasteiger partial charge in [-0.3, -0.25) is 4.79 Å². The van der Waals surface area contributed by atoms with Crippen molar-refractivity contribution in [2.75, 3.05) is 13.2 Å². The lowest BCUT2D eigenvalue weighted by Crippen LogP contribution is -2.26. The smallest absolute Gasteiger partial charge is 0.243 e. The zero-order valence-corrected chi connectivity index (χ0v) is 12.2. The van der Waals surface area contributed by atoms with Gasteiger partial charge in [0.25, 0.3) is 0 Å². The van der Waals surface area contributed by atoms with Gasteiger partial charge in [-0.2, -0.15) is 0 Å². The van der Waals surface area contributed by atoms with Crippen LogP contribution in [-0.4, -0.2) is 19.1 Å². The Morgan fingerprint density at radius 3 is 2.41 bits per heavy atom. The second kappa shape index (κ2) is 6.31. The van der Waals surface area contributed by atoms with E-state index in [1.165, 1.54) is 22.2 Å². The Balaban J connectivity index is 1.76. The molecule has 0 atom stereocenters. The van der Waals surface area contributed by atoms with E-state index in [9.17, 15) is 4.79 Å². The number of fused-ring (bicyclic) bond motifs is 2. The second-order valence-corrected chi connectivity index (χ2v) is 5.05. The predicted octanol–water partition coefficient (Wildman–Crippen LogP) is 3.67. The van der Waals surface area contributed by atoms with E-state index in [-0.39, 0.29) is 5.91 Å². The predicted molar refractivity (Wildman–Crippen MR) is 90.2 cm³/mol. The Hall–Kier alpha value is -2.81. The average Bonchev–Trinajstić information content (AvgIpc) is 2.56. The number of ether oxygens (including phenoxy) is 1. The fourth-order valence-electron chi connectivity index (χ4n) is 2.42. The molecule has 1 amide bonds. The van der Waals surface area contributed by atoms with E-state index in [0.29, 0.717) is 13.2 Å². The van der Waals surface area contributed by atoms with E-state index in [1.807, 2.05) is 24.3 Å². The van der Waals surface area contributed by atoms with Crippen molar-refractivity contribution in [2.45, 2.75) is 0 Å². The summed E-state index contributed by atoms with van der Waals surface area (Å²) >= 11 is 0. The molecular formula is C19H17NO2. The van der Waals surface area contributed by atoms with Crippen LogP contribution >= 0.6 is 0 Å². The van der Waals surface area contributed by atoms with E-state index in [0.717, 1.165) is 11.1 Å². The SMILES string of the molecule is C=CC(=O)NCCOc1ccc2cc3ccccc3cc2c1. The molecule has 3 rings (SSSR count). The molecule has 0 radical (unpaired) electrons. The fraction of sp³-hybridized carbons (Fsp3) is 0.105. The van der Waals surface area contributed by atoms with Crippen molar-refractivity contribution >= 4 is 27.5 Å². The summed E-state index contributed by atoms with van der Waals surface area (Å²) in [5, 5.41) is 7.46. The van der Waals surface area contributed by atoms with Crippen LogP contribution in [-0.2, 0) is 4.79 Å². The van der Waals surface area contributed by atoms with Crippen molar-refractivity contribution in [1.29, 1.82) is 0 Å². The summed E-state index contributed by atoms with van der Waals surface area (Å²) in [5.41, 5.74) is 0. The van der Waals surface area contributed by atoms with Crippen molar-refractivity contribution in [2.24, 2.45) is 0 Å². The van der Waals surface area contributed by atoms with Crippen molar-refractivity contribution in [3.63, 3.8) is 0 Å². The van der Waals surface area contributed by atoms with E-state index in [1.54, 1.807) is 0 Å². The highest BCUT2D eigenvalue weighted by Gasteiger charge is 2.01. The van der Waals surface area contributed by atoms with Gasteiger partial charge in [0.1, 0.15) is 12.4 Å². The van der Waals surface area contributed by atoms with Crippen LogP contribution in [0.2, 0.25) is 0 Å². The van der Waals surface area contributed by atoms with E-state index in [2.05, 4.69) is 42.2 Å². The number of hydrogen-bond donors (Lipinski definition) is 1. The highest BCUT2D eigenvalue weighted by Crippen LogP contribution is 2.26. The molecule has 0 aromatic heterocycles. The lowest BCUT2D eigenvalue weighted by Gasteiger charge is -2.08. The number of hydrogen-bond acceptors (Lipinski definition) is 2. The molecule has 0 fully saturated rings. The highest BCUT2D eigenvalue weighted by molar-refractivity contribution is 5.98. The van der Waals surface area contributed by atoms with Crippen LogP contribution in [0.1, 0.15) is 0 Å². The Bertz CT molecular complexity index is 839. The van der Waals surface area contributed by atoms with Crippen molar-refractivity contribution < 1.29 is 9.53 Å². The molecule has 3 heteroatoms. The number of nitrogens with one attached hydrogen (secondary N) is 1. The topological polar surface area (TPSA) is 38.3 Å². The highest BCUT2D eigenvalue weighted by atomic mass is 16.5. The third-order valence-electron chi connectivity index (χ3n) is 3.53. The molecule has 0 saturated carbocycles. The Morgan fingerprint density at radius 2 is 1.68 bits per heavy atom. The molecule has 0 aliphatic heterocycles. The van der Waals surface area contributed by atoms with Crippen LogP contribution in [0.3, 0.4) is 0 Å². The van der Waals surface area contributed by atoms with Gasteiger partial charge in [-0.05, 0) is 51.9 Å². The van der Waals surface area contributed by atoms with Gasteiger partial charge in [0.2, 0.25) is 5.91 Å². The zero-order valence-electron chi connectivity index (χ0n) is 12.2. The molecule has 0 saturated heterocycles. The summed E-state index contributed by atoms with van der Waals surface area (Å²) in [5.74, 6) is 0.615. The quantitative estimate of drug-likeness (QED) is 0.442. The molecule has 22 heavy (non-hydrogen) atoms. The molecule has 0 aliphatic rings. The first-order valence-corrected chi connectivity index (χ1v) is 7.22. The molecule has 0 aliphatic carbocycles. The Kier molecular flexibility index (Phi) is 4.05. The second-order valence-electron chi connectivity index (χ2n) is 5.05. The summed E-state index contributed by atoms with van der Waals surface area (Å²) in [7, 11) is 0. The number of amides is 1. The summed E-state index contributed by atoms with van der Waals surface area (Å²) in [6, 6.07) is 18.7. The van der Waals surface area contributed by atoms with Crippen molar-refractivity contribution in [1.82, 2.24) is 5.32 Å². The Morgan fingerprint density at radius 1 is 1.00 bits per heavy atom. The maximum absolute atomic E-state index is 11.0. The largest absolute Gasteiger partial charge is 0.492 e. The first-order valence-electron chi connectivity index (χ1n) is 7.22. The lowest BCUT2D eigenvalue weighted by molar-refractivity contribution is -0.116. The summed E-state index contributed by atoms with van der Waals surface area (Å²) in [4.78, 5) is 11.0. The van der Waals surface area contributed by atoms with Gasteiger partial charge >= 0.3 is 0 Å². The minimum Gasteiger partial charge on any atom is -0.492 e. The third-order valence-corrected chi connectivity index (χ3v) is 3.53. The normalized spacial score (nSPS) is 10.5. The molecular weight excluding hydrogens is 274 g/mol. The number of carbonyl (C=O) groups excluding carboxylic acids is 1. The molecule has 3 aromatic carbocycles. The van der Waals surface area contributed by atoms with Gasteiger partial charge in [-0.25, -0.2) is 0 Å². The van der Waals surface area contributed by atoms with Gasteiger partial charge in [0.15, 0.2) is 0 Å². The zero-order chi connectivity index (χ0) is 15.4. The standard InChI is InChI=1S/C19H17NO2/c1-2-19(21)20-9-10-22-18-8-7-16-11-14-5-3-4-6-15(14)12-17(16)13-18/h2-8,11-13H,1,9-10H2,(H,20,21). The monoisotopic (exact) mass is 291 g/mol. The van der Waals surface area contributed by atoms with E-state index >= 15 is 0 Å². The minimum absolute atomic E-state index is 0.186. The molecule has 0 bridgehead atoms. The summed E-state index contributed by atoms with van der Waals surface area (Å²) in [6.07, 6.45) is 1.25. The third kappa shape index (κ3) is 3.09. The van der Waals surface area contributed by atoms with Crippen LogP contribution in [0.25, 0.3) is 21.5 Å². The van der Waals surface area contributed by atoms with Gasteiger partial charge in [0.05, 0.1) is 6.54 Å². The van der Waals surface area contributed by atoms with E-state index in [4.69, 9.17) is 4.74 Å². The first kappa shape index (κ1) is 14.1. The average molecular weight is 291 g/mol. The first-order chi connectivity index (χ1) is 10.8. The maximum atomic E-state index is 11.0. The van der Waals surface area contributed by atoms with Crippen LogP contribution < -0.4 is 10.1 Å². The van der Waals surface area contributed by atoms with Crippen LogP contribution in [0.15, 0.2) is 67.3 Å². The van der Waals surface area contributed by atoms with Gasteiger partial charge < -0.3 is 10.1 Å². The molecule has 1 N–H and O–H groups in total. The van der Waals surface area contributed by atoms with Crippen molar-refractivity contribution in [3.05, 3.63) is 67.3 Å². The Labute approximate surface area is 129 Å². The molecule has 0 spiro atoms. The number of rotatable bonds is 5. The van der Waals surface area contributed by atoms with E-state index < -0.39 is 0 Å². The van der Waals surface area contributed by atoms with Crippen LogP contribution in [0.5, 0.6) is 5.75 Å². The molecule has 0 unspecified atom stereocenters. The van der Waals surface area contributed by atoms with Crippen LogP contribution in [0, 0.1) is 0 Å². The minimum atomic E-state index is -0.186. The summed E-state index contributed by atoms with van der Waals surface area (Å²) in [6.45, 7) is 4.29. The fourth-order valence-corrected chi connectivity index (χ4v) is 2.42. The maximum Gasteiger partial charge on any atom is 0.243 e. The van der Waals surface area contributed by atoms with Gasteiger partial charge in [-0.1, -0.05) is 36.9 Å². The van der Waals surface area contributed by atoms with Gasteiger partial charge in [0, 0.05) is 0 Å². The molecule has 3 aromatic rings. The van der Waals surface area contributed by atoms with Gasteiger partial charge in [-0.15, -0.1) is 0 Å². The molecule has 3 nitrogen and oxygen atoms in total. The molecule has 0 heterocycles.